The van der Waals surface area contributed by atoms with Crippen LogP contribution in [-0.4, -0.2) is 27.5 Å². The zero-order valence-corrected chi connectivity index (χ0v) is 13.0. The number of esters is 1. The average molecular weight is 299 g/mol. The van der Waals surface area contributed by atoms with Gasteiger partial charge in [-0.15, -0.1) is 0 Å². The molecule has 0 fully saturated rings. The molecule has 0 amide bonds. The van der Waals surface area contributed by atoms with Crippen molar-refractivity contribution < 1.29 is 17.9 Å². The average Bonchev–Trinajstić information content (AvgIpc) is 2.36. The lowest BCUT2D eigenvalue weighted by atomic mass is 10.1. The summed E-state index contributed by atoms with van der Waals surface area (Å²) in [6.07, 6.45) is 0.722. The van der Waals surface area contributed by atoms with E-state index >= 15 is 0 Å². The van der Waals surface area contributed by atoms with E-state index in [2.05, 4.69) is 9.46 Å². The van der Waals surface area contributed by atoms with Crippen LogP contribution in [0.4, 0.5) is 0 Å². The fourth-order valence-electron chi connectivity index (χ4n) is 2.06. The van der Waals surface area contributed by atoms with Crippen molar-refractivity contribution >= 4 is 16.0 Å². The predicted molar refractivity (Wildman–Crippen MR) is 77.0 cm³/mol. The minimum absolute atomic E-state index is 0.0410. The van der Waals surface area contributed by atoms with Gasteiger partial charge in [0.15, 0.2) is 0 Å². The molecule has 0 bridgehead atoms. The quantitative estimate of drug-likeness (QED) is 0.817. The van der Waals surface area contributed by atoms with Gasteiger partial charge in [0.2, 0.25) is 10.0 Å². The Kier molecular flexibility index (Phi) is 5.71. The molecule has 0 radical (unpaired) electrons. The third-order valence-electron chi connectivity index (χ3n) is 2.76. The summed E-state index contributed by atoms with van der Waals surface area (Å²) in [4.78, 5) is 11.6. The Balaban J connectivity index is 3.07. The highest BCUT2D eigenvalue weighted by molar-refractivity contribution is 7.89. The molecule has 1 atom stereocenters. The summed E-state index contributed by atoms with van der Waals surface area (Å²) in [5, 5.41) is 0. The van der Waals surface area contributed by atoms with Gasteiger partial charge in [0.05, 0.1) is 17.6 Å². The molecule has 1 rings (SSSR count). The minimum atomic E-state index is -3.74. The first-order chi connectivity index (χ1) is 9.27. The molecule has 1 aromatic carbocycles. The lowest BCUT2D eigenvalue weighted by Crippen LogP contribution is -2.34. The first-order valence-electron chi connectivity index (χ1n) is 6.47. The molecule has 0 aliphatic rings. The molecule has 1 aromatic rings. The fraction of sp³-hybridized carbons (Fsp3) is 0.500. The molecule has 0 spiro atoms. The summed E-state index contributed by atoms with van der Waals surface area (Å²) in [5.74, 6) is -0.286. The Morgan fingerprint density at radius 1 is 1.25 bits per heavy atom. The van der Waals surface area contributed by atoms with Gasteiger partial charge < -0.3 is 4.74 Å². The van der Waals surface area contributed by atoms with E-state index in [1.165, 1.54) is 19.2 Å². The molecule has 0 aromatic heterocycles. The van der Waals surface area contributed by atoms with E-state index < -0.39 is 16.0 Å². The Morgan fingerprint density at radius 3 is 2.40 bits per heavy atom. The molecule has 20 heavy (non-hydrogen) atoms. The van der Waals surface area contributed by atoms with E-state index in [1.54, 1.807) is 19.1 Å². The van der Waals surface area contributed by atoms with Crippen LogP contribution in [0.25, 0.3) is 0 Å². The number of ether oxygens (including phenoxy) is 1. The van der Waals surface area contributed by atoms with Crippen molar-refractivity contribution in [2.24, 2.45) is 5.92 Å². The van der Waals surface area contributed by atoms with Crippen molar-refractivity contribution in [3.8, 4) is 0 Å². The van der Waals surface area contributed by atoms with Gasteiger partial charge >= 0.3 is 5.97 Å². The SMILES string of the molecule is COC(=O)c1ccccc1S(=O)(=O)NC(C)CC(C)C. The summed E-state index contributed by atoms with van der Waals surface area (Å²) in [7, 11) is -2.52. The number of hydrogen-bond donors (Lipinski definition) is 1. The van der Waals surface area contributed by atoms with Crippen molar-refractivity contribution in [3.63, 3.8) is 0 Å². The second-order valence-corrected chi connectivity index (χ2v) is 6.82. The maximum Gasteiger partial charge on any atom is 0.339 e. The number of sulfonamides is 1. The van der Waals surface area contributed by atoms with Crippen LogP contribution >= 0.6 is 0 Å². The molecule has 0 saturated heterocycles. The van der Waals surface area contributed by atoms with Crippen LogP contribution in [0.1, 0.15) is 37.6 Å². The number of nitrogens with one attached hydrogen (secondary N) is 1. The third kappa shape index (κ3) is 4.31. The maximum atomic E-state index is 12.3. The van der Waals surface area contributed by atoms with Crippen LogP contribution in [0, 0.1) is 5.92 Å². The third-order valence-corrected chi connectivity index (χ3v) is 4.41. The lowest BCUT2D eigenvalue weighted by molar-refractivity contribution is 0.0596. The van der Waals surface area contributed by atoms with E-state index in [-0.39, 0.29) is 16.5 Å². The Bertz CT molecular complexity index is 566. The first kappa shape index (κ1) is 16.7. The molecule has 6 heteroatoms. The topological polar surface area (TPSA) is 72.5 Å². The van der Waals surface area contributed by atoms with Crippen LogP contribution in [0.3, 0.4) is 0 Å². The monoisotopic (exact) mass is 299 g/mol. The number of rotatable bonds is 6. The van der Waals surface area contributed by atoms with E-state index in [0.29, 0.717) is 5.92 Å². The molecule has 112 valence electrons. The highest BCUT2D eigenvalue weighted by atomic mass is 32.2. The van der Waals surface area contributed by atoms with Crippen molar-refractivity contribution in [3.05, 3.63) is 29.8 Å². The number of benzene rings is 1. The molecule has 0 aliphatic carbocycles. The van der Waals surface area contributed by atoms with Crippen LogP contribution < -0.4 is 4.72 Å². The van der Waals surface area contributed by atoms with E-state index in [9.17, 15) is 13.2 Å². The van der Waals surface area contributed by atoms with Gasteiger partial charge in [-0.2, -0.15) is 0 Å². The molecule has 1 N–H and O–H groups in total. The van der Waals surface area contributed by atoms with Gasteiger partial charge in [-0.05, 0) is 31.4 Å². The highest BCUT2D eigenvalue weighted by Crippen LogP contribution is 2.17. The van der Waals surface area contributed by atoms with Gasteiger partial charge in [0.25, 0.3) is 0 Å². The van der Waals surface area contributed by atoms with Crippen LogP contribution in [0.5, 0.6) is 0 Å². The van der Waals surface area contributed by atoms with Crippen LogP contribution in [0.15, 0.2) is 29.2 Å². The molecular weight excluding hydrogens is 278 g/mol. The normalized spacial score (nSPS) is 13.2. The molecule has 1 unspecified atom stereocenters. The van der Waals surface area contributed by atoms with Crippen molar-refractivity contribution in [1.29, 1.82) is 0 Å². The highest BCUT2D eigenvalue weighted by Gasteiger charge is 2.24. The van der Waals surface area contributed by atoms with Gasteiger partial charge in [0, 0.05) is 6.04 Å². The lowest BCUT2D eigenvalue weighted by Gasteiger charge is -2.17. The van der Waals surface area contributed by atoms with Crippen molar-refractivity contribution in [1.82, 2.24) is 4.72 Å². The predicted octanol–water partition coefficient (Wildman–Crippen LogP) is 2.19. The number of carbonyl (C=O) groups is 1. The Labute approximate surface area is 120 Å². The maximum absolute atomic E-state index is 12.3. The summed E-state index contributed by atoms with van der Waals surface area (Å²) in [5.41, 5.74) is 0.0410. The summed E-state index contributed by atoms with van der Waals surface area (Å²) >= 11 is 0. The van der Waals surface area contributed by atoms with Crippen molar-refractivity contribution in [2.45, 2.75) is 38.1 Å². The number of carbonyl (C=O) groups excluding carboxylic acids is 1. The van der Waals surface area contributed by atoms with Gasteiger partial charge in [-0.3, -0.25) is 0 Å². The minimum Gasteiger partial charge on any atom is -0.465 e. The van der Waals surface area contributed by atoms with Gasteiger partial charge in [-0.25, -0.2) is 17.9 Å². The van der Waals surface area contributed by atoms with E-state index in [4.69, 9.17) is 0 Å². The Hall–Kier alpha value is -1.40. The van der Waals surface area contributed by atoms with E-state index in [0.717, 1.165) is 6.42 Å². The summed E-state index contributed by atoms with van der Waals surface area (Å²) in [6.45, 7) is 5.85. The second kappa shape index (κ2) is 6.85. The zero-order chi connectivity index (χ0) is 15.3. The second-order valence-electron chi connectivity index (χ2n) is 5.14. The Morgan fingerprint density at radius 2 is 1.85 bits per heavy atom. The largest absolute Gasteiger partial charge is 0.465 e. The summed E-state index contributed by atoms with van der Waals surface area (Å²) in [6, 6.07) is 5.81. The molecular formula is C14H21NO4S. The van der Waals surface area contributed by atoms with Crippen LogP contribution in [0.2, 0.25) is 0 Å². The van der Waals surface area contributed by atoms with Gasteiger partial charge in [0.1, 0.15) is 0 Å². The molecule has 5 nitrogen and oxygen atoms in total. The van der Waals surface area contributed by atoms with Crippen molar-refractivity contribution in [2.75, 3.05) is 7.11 Å². The van der Waals surface area contributed by atoms with Crippen LogP contribution in [-0.2, 0) is 14.8 Å². The number of methoxy groups -OCH3 is 1. The smallest absolute Gasteiger partial charge is 0.339 e. The fourth-order valence-corrected chi connectivity index (χ4v) is 3.51. The molecule has 0 saturated carbocycles. The van der Waals surface area contributed by atoms with E-state index in [1.807, 2.05) is 13.8 Å². The summed E-state index contributed by atoms with van der Waals surface area (Å²) < 4.78 is 31.9. The standard InChI is InChI=1S/C14H21NO4S/c1-10(2)9-11(3)15-20(17,18)13-8-6-5-7-12(13)14(16)19-4/h5-8,10-11,15H,9H2,1-4H3. The molecule has 0 aliphatic heterocycles. The number of hydrogen-bond acceptors (Lipinski definition) is 4. The molecule has 0 heterocycles. The zero-order valence-electron chi connectivity index (χ0n) is 12.2. The first-order valence-corrected chi connectivity index (χ1v) is 7.96. The van der Waals surface area contributed by atoms with Gasteiger partial charge in [-0.1, -0.05) is 26.0 Å².